The van der Waals surface area contributed by atoms with Gasteiger partial charge in [-0.15, -0.1) is 0 Å². The molecule has 0 N–H and O–H groups in total. The van der Waals surface area contributed by atoms with Crippen molar-refractivity contribution in [2.24, 2.45) is 4.99 Å². The van der Waals surface area contributed by atoms with E-state index in [9.17, 15) is 9.90 Å². The van der Waals surface area contributed by atoms with Crippen molar-refractivity contribution in [3.8, 4) is 0 Å². The van der Waals surface area contributed by atoms with Crippen molar-refractivity contribution in [2.45, 2.75) is 89.9 Å². The third kappa shape index (κ3) is 17.1. The van der Waals surface area contributed by atoms with Crippen LogP contribution >= 0.6 is 0 Å². The number of unbranched alkanes of at least 4 members (excludes halogenated alkanes) is 11. The fourth-order valence-corrected chi connectivity index (χ4v) is 3.17. The first-order valence-electron chi connectivity index (χ1n) is 10.4. The van der Waals surface area contributed by atoms with Gasteiger partial charge in [0.25, 0.3) is 0 Å². The van der Waals surface area contributed by atoms with Crippen molar-refractivity contribution in [3.05, 3.63) is 12.2 Å². The van der Waals surface area contributed by atoms with Crippen LogP contribution in [-0.4, -0.2) is 36.8 Å². The van der Waals surface area contributed by atoms with E-state index in [1.165, 1.54) is 70.8 Å². The van der Waals surface area contributed by atoms with E-state index in [1.807, 2.05) is 6.34 Å². The number of carbonyl (C=O) groups is 1. The number of carboxylic acid groups (broad SMARTS) is 1. The van der Waals surface area contributed by atoms with Crippen molar-refractivity contribution < 1.29 is 39.5 Å². The van der Waals surface area contributed by atoms with Crippen LogP contribution in [0.2, 0.25) is 0 Å². The largest absolute Gasteiger partial charge is 1.00 e. The monoisotopic (exact) mass is 372 g/mol. The minimum atomic E-state index is -0.917. The minimum absolute atomic E-state index is 0. The average Bonchev–Trinajstić information content (AvgIpc) is 3.11. The molecule has 0 atom stereocenters. The molecular formula is C21H37N2NaO2. The Hall–Kier alpha value is -0.320. The Balaban J connectivity index is 0.00000625. The van der Waals surface area contributed by atoms with Crippen LogP contribution in [0, 0.1) is 0 Å². The Bertz CT molecular complexity index is 386. The van der Waals surface area contributed by atoms with Gasteiger partial charge >= 0.3 is 29.6 Å². The summed E-state index contributed by atoms with van der Waals surface area (Å²) in [4.78, 5) is 16.8. The van der Waals surface area contributed by atoms with E-state index in [1.54, 1.807) is 0 Å². The number of aliphatic imine (C=N–C) groups is 1. The number of nitrogens with zero attached hydrogens (tertiary/aromatic N) is 2. The second-order valence-electron chi connectivity index (χ2n) is 7.12. The van der Waals surface area contributed by atoms with Crippen molar-refractivity contribution in [1.29, 1.82) is 0 Å². The van der Waals surface area contributed by atoms with Gasteiger partial charge in [-0.25, -0.2) is 0 Å². The Morgan fingerprint density at radius 3 is 1.96 bits per heavy atom. The van der Waals surface area contributed by atoms with Gasteiger partial charge < -0.3 is 14.8 Å². The molecule has 0 aliphatic carbocycles. The number of allylic oxidation sites excluding steroid dienone is 2. The molecule has 0 amide bonds. The van der Waals surface area contributed by atoms with Gasteiger partial charge in [0.2, 0.25) is 0 Å². The maximum Gasteiger partial charge on any atom is 1.00 e. The van der Waals surface area contributed by atoms with Crippen molar-refractivity contribution >= 4 is 12.3 Å². The van der Waals surface area contributed by atoms with E-state index in [0.29, 0.717) is 0 Å². The number of carboxylic acids is 1. The molecule has 0 spiro atoms. The summed E-state index contributed by atoms with van der Waals surface area (Å²) in [7, 11) is 0. The zero-order valence-corrected chi connectivity index (χ0v) is 19.0. The molecule has 5 heteroatoms. The molecule has 0 saturated heterocycles. The molecule has 26 heavy (non-hydrogen) atoms. The topological polar surface area (TPSA) is 55.7 Å². The Morgan fingerprint density at radius 2 is 1.42 bits per heavy atom. The molecule has 0 aromatic heterocycles. The molecule has 0 aromatic carbocycles. The molecule has 1 rings (SSSR count). The predicted octanol–water partition coefficient (Wildman–Crippen LogP) is 1.10. The first kappa shape index (κ1) is 25.7. The molecule has 144 valence electrons. The summed E-state index contributed by atoms with van der Waals surface area (Å²) in [5, 5.41) is 10.3. The van der Waals surface area contributed by atoms with Gasteiger partial charge in [-0.05, 0) is 44.9 Å². The summed E-state index contributed by atoms with van der Waals surface area (Å²) >= 11 is 0. The molecule has 0 fully saturated rings. The number of aliphatic carboxylic acids is 1. The van der Waals surface area contributed by atoms with Gasteiger partial charge in [0.1, 0.15) is 0 Å². The molecule has 0 bridgehead atoms. The fourth-order valence-electron chi connectivity index (χ4n) is 3.17. The quantitative estimate of drug-likeness (QED) is 0.218. The van der Waals surface area contributed by atoms with Crippen molar-refractivity contribution in [2.75, 3.05) is 19.6 Å². The van der Waals surface area contributed by atoms with E-state index in [0.717, 1.165) is 32.4 Å². The summed E-state index contributed by atoms with van der Waals surface area (Å²) in [6.07, 6.45) is 22.7. The molecule has 0 aromatic rings. The van der Waals surface area contributed by atoms with Crippen LogP contribution < -0.4 is 34.7 Å². The molecule has 0 radical (unpaired) electrons. The van der Waals surface area contributed by atoms with Gasteiger partial charge in [0.05, 0.1) is 12.9 Å². The first-order chi connectivity index (χ1) is 12.3. The number of hydrogen-bond acceptors (Lipinski definition) is 4. The SMILES string of the molecule is O=C([O-])CCCCCCC/C=C\CCCCCCCCN1C=NCC1.[Na+]. The van der Waals surface area contributed by atoms with Crippen molar-refractivity contribution in [3.63, 3.8) is 0 Å². The Labute approximate surface area is 182 Å². The van der Waals surface area contributed by atoms with Crippen LogP contribution in [0.1, 0.15) is 89.9 Å². The van der Waals surface area contributed by atoms with Crippen molar-refractivity contribution in [1.82, 2.24) is 4.90 Å². The van der Waals surface area contributed by atoms with Crippen LogP contribution in [0.15, 0.2) is 17.1 Å². The normalized spacial score (nSPS) is 13.5. The second-order valence-corrected chi connectivity index (χ2v) is 7.12. The summed E-state index contributed by atoms with van der Waals surface area (Å²) in [6.45, 7) is 3.29. The molecule has 1 aliphatic heterocycles. The maximum absolute atomic E-state index is 10.3. The molecule has 1 heterocycles. The van der Waals surface area contributed by atoms with Crippen LogP contribution in [-0.2, 0) is 4.79 Å². The van der Waals surface area contributed by atoms with Crippen LogP contribution in [0.3, 0.4) is 0 Å². The minimum Gasteiger partial charge on any atom is -0.550 e. The van der Waals surface area contributed by atoms with Crippen LogP contribution in [0.4, 0.5) is 0 Å². The first-order valence-corrected chi connectivity index (χ1v) is 10.4. The molecule has 0 saturated carbocycles. The zero-order chi connectivity index (χ0) is 18.0. The van der Waals surface area contributed by atoms with Crippen LogP contribution in [0.5, 0.6) is 0 Å². The van der Waals surface area contributed by atoms with Gasteiger partial charge in [-0.2, -0.15) is 0 Å². The molecule has 1 aliphatic rings. The van der Waals surface area contributed by atoms with Gasteiger partial charge in [-0.3, -0.25) is 4.99 Å². The Kier molecular flexibility index (Phi) is 19.2. The van der Waals surface area contributed by atoms with E-state index in [-0.39, 0.29) is 36.0 Å². The summed E-state index contributed by atoms with van der Waals surface area (Å²) < 4.78 is 0. The fraction of sp³-hybridized carbons (Fsp3) is 0.810. The third-order valence-electron chi connectivity index (χ3n) is 4.75. The predicted molar refractivity (Wildman–Crippen MR) is 104 cm³/mol. The molecular weight excluding hydrogens is 335 g/mol. The molecule has 4 nitrogen and oxygen atoms in total. The van der Waals surface area contributed by atoms with E-state index in [2.05, 4.69) is 22.0 Å². The number of rotatable bonds is 17. The van der Waals surface area contributed by atoms with E-state index >= 15 is 0 Å². The van der Waals surface area contributed by atoms with Crippen LogP contribution in [0.25, 0.3) is 0 Å². The summed E-state index contributed by atoms with van der Waals surface area (Å²) in [5.74, 6) is -0.917. The average molecular weight is 373 g/mol. The van der Waals surface area contributed by atoms with Gasteiger partial charge in [0, 0.05) is 19.1 Å². The van der Waals surface area contributed by atoms with Gasteiger partial charge in [-0.1, -0.05) is 57.1 Å². The van der Waals surface area contributed by atoms with Gasteiger partial charge in [0.15, 0.2) is 0 Å². The molecule has 0 unspecified atom stereocenters. The van der Waals surface area contributed by atoms with E-state index in [4.69, 9.17) is 0 Å². The second kappa shape index (κ2) is 19.4. The standard InChI is InChI=1S/C21H38N2O2.Na/c24-21(25)16-14-12-10-8-6-4-2-1-3-5-7-9-11-13-15-18-23-19-17-22-20-23;/h1-2,20H,3-19H2,(H,24,25);/q;+1/p-1/b2-1-;. The summed E-state index contributed by atoms with van der Waals surface area (Å²) in [5.41, 5.74) is 0. The number of carbonyl (C=O) groups excluding carboxylic acids is 1. The van der Waals surface area contributed by atoms with E-state index < -0.39 is 5.97 Å². The third-order valence-corrected chi connectivity index (χ3v) is 4.75. The Morgan fingerprint density at radius 1 is 0.885 bits per heavy atom. The summed E-state index contributed by atoms with van der Waals surface area (Å²) in [6, 6.07) is 0. The zero-order valence-electron chi connectivity index (χ0n) is 17.0. The smallest absolute Gasteiger partial charge is 0.550 e. The number of hydrogen-bond donors (Lipinski definition) is 0. The maximum atomic E-state index is 10.3.